The van der Waals surface area contributed by atoms with E-state index in [2.05, 4.69) is 5.32 Å². The molecule has 5 nitrogen and oxygen atoms in total. The van der Waals surface area contributed by atoms with Gasteiger partial charge in [0, 0.05) is 0 Å². The van der Waals surface area contributed by atoms with Gasteiger partial charge < -0.3 is 15.2 Å². The van der Waals surface area contributed by atoms with Gasteiger partial charge in [-0.3, -0.25) is 0 Å². The Kier molecular flexibility index (Phi) is 5.20. The number of ether oxygens (including phenoxy) is 1. The standard InChI is InChI=1S/C13H25NO4/c1-8(12(2,3)4)9(10(15)16)14-11(17)18-13(5,6)7/h8-9H,1-7H3,(H,14,17)(H,15,16). The number of amides is 1. The Morgan fingerprint density at radius 2 is 1.56 bits per heavy atom. The molecule has 5 heteroatoms. The molecule has 0 spiro atoms. The minimum atomic E-state index is -1.05. The van der Waals surface area contributed by atoms with Crippen molar-refractivity contribution in [2.45, 2.75) is 60.1 Å². The van der Waals surface area contributed by atoms with Crippen molar-refractivity contribution < 1.29 is 19.4 Å². The summed E-state index contributed by atoms with van der Waals surface area (Å²) in [6.07, 6.45) is -0.703. The first-order chi connectivity index (χ1) is 7.84. The van der Waals surface area contributed by atoms with Crippen molar-refractivity contribution >= 4 is 12.1 Å². The zero-order chi connectivity index (χ0) is 14.7. The number of carbonyl (C=O) groups is 2. The van der Waals surface area contributed by atoms with Crippen LogP contribution in [0.15, 0.2) is 0 Å². The van der Waals surface area contributed by atoms with Gasteiger partial charge in [0.1, 0.15) is 11.6 Å². The molecule has 2 N–H and O–H groups in total. The normalized spacial score (nSPS) is 15.7. The van der Waals surface area contributed by atoms with Crippen LogP contribution in [0.3, 0.4) is 0 Å². The van der Waals surface area contributed by atoms with Gasteiger partial charge in [-0.2, -0.15) is 0 Å². The lowest BCUT2D eigenvalue weighted by molar-refractivity contribution is -0.142. The summed E-state index contributed by atoms with van der Waals surface area (Å²) in [6.45, 7) is 12.8. The summed E-state index contributed by atoms with van der Waals surface area (Å²) in [5.74, 6) is -1.27. The van der Waals surface area contributed by atoms with Crippen molar-refractivity contribution in [1.29, 1.82) is 0 Å². The van der Waals surface area contributed by atoms with E-state index in [9.17, 15) is 14.7 Å². The lowest BCUT2D eigenvalue weighted by atomic mass is 9.77. The Hall–Kier alpha value is -1.26. The third kappa shape index (κ3) is 5.89. The van der Waals surface area contributed by atoms with Crippen LogP contribution in [-0.2, 0) is 9.53 Å². The zero-order valence-corrected chi connectivity index (χ0v) is 12.3. The third-order valence-electron chi connectivity index (χ3n) is 2.80. The Bertz CT molecular complexity index is 312. The smallest absolute Gasteiger partial charge is 0.408 e. The Morgan fingerprint density at radius 1 is 1.11 bits per heavy atom. The highest BCUT2D eigenvalue weighted by atomic mass is 16.6. The van der Waals surface area contributed by atoms with Crippen LogP contribution in [0.25, 0.3) is 0 Å². The van der Waals surface area contributed by atoms with Crippen LogP contribution < -0.4 is 5.32 Å². The summed E-state index contributed by atoms with van der Waals surface area (Å²) in [5, 5.41) is 11.6. The lowest BCUT2D eigenvalue weighted by Gasteiger charge is -2.32. The van der Waals surface area contributed by atoms with E-state index in [0.29, 0.717) is 0 Å². The van der Waals surface area contributed by atoms with Crippen molar-refractivity contribution in [3.05, 3.63) is 0 Å². The van der Waals surface area contributed by atoms with Crippen LogP contribution in [-0.4, -0.2) is 28.8 Å². The molecule has 2 unspecified atom stereocenters. The molecule has 0 aliphatic carbocycles. The molecule has 0 rings (SSSR count). The molecule has 0 saturated heterocycles. The average Bonchev–Trinajstić information content (AvgIpc) is 2.08. The van der Waals surface area contributed by atoms with Gasteiger partial charge in [0.2, 0.25) is 0 Å². The molecule has 0 aliphatic rings. The van der Waals surface area contributed by atoms with E-state index >= 15 is 0 Å². The molecule has 0 aromatic rings. The number of carbonyl (C=O) groups excluding carboxylic acids is 1. The van der Waals surface area contributed by atoms with Crippen LogP contribution in [0.2, 0.25) is 0 Å². The van der Waals surface area contributed by atoms with Crippen molar-refractivity contribution in [2.24, 2.45) is 11.3 Å². The van der Waals surface area contributed by atoms with Gasteiger partial charge in [-0.1, -0.05) is 27.7 Å². The van der Waals surface area contributed by atoms with E-state index in [0.717, 1.165) is 0 Å². The van der Waals surface area contributed by atoms with Gasteiger partial charge in [0.25, 0.3) is 0 Å². The Morgan fingerprint density at radius 3 is 1.83 bits per heavy atom. The first-order valence-electron chi connectivity index (χ1n) is 6.07. The van der Waals surface area contributed by atoms with Gasteiger partial charge in [0.05, 0.1) is 0 Å². The number of alkyl carbamates (subject to hydrolysis) is 1. The second-order valence-corrected chi connectivity index (χ2v) is 6.62. The van der Waals surface area contributed by atoms with E-state index in [1.807, 2.05) is 20.8 Å². The Balaban J connectivity index is 4.76. The maximum atomic E-state index is 11.6. The third-order valence-corrected chi connectivity index (χ3v) is 2.80. The minimum absolute atomic E-state index is 0.220. The first-order valence-corrected chi connectivity index (χ1v) is 6.07. The molecule has 0 aromatic carbocycles. The van der Waals surface area contributed by atoms with Crippen molar-refractivity contribution in [2.75, 3.05) is 0 Å². The lowest BCUT2D eigenvalue weighted by Crippen LogP contribution is -2.50. The van der Waals surface area contributed by atoms with Crippen LogP contribution in [0.4, 0.5) is 4.79 Å². The number of aliphatic carboxylic acids is 1. The summed E-state index contributed by atoms with van der Waals surface area (Å²) < 4.78 is 5.07. The summed E-state index contributed by atoms with van der Waals surface area (Å²) in [4.78, 5) is 22.8. The molecular weight excluding hydrogens is 234 g/mol. The summed E-state index contributed by atoms with van der Waals surface area (Å²) in [6, 6.07) is -0.958. The summed E-state index contributed by atoms with van der Waals surface area (Å²) in [5.41, 5.74) is -0.865. The van der Waals surface area contributed by atoms with Gasteiger partial charge in [-0.15, -0.1) is 0 Å². The van der Waals surface area contributed by atoms with E-state index < -0.39 is 23.7 Å². The summed E-state index contributed by atoms with van der Waals surface area (Å²) in [7, 11) is 0. The van der Waals surface area contributed by atoms with Crippen LogP contribution in [0.1, 0.15) is 48.5 Å². The number of carboxylic acids is 1. The van der Waals surface area contributed by atoms with E-state index in [-0.39, 0.29) is 11.3 Å². The maximum absolute atomic E-state index is 11.6. The molecule has 0 bridgehead atoms. The highest BCUT2D eigenvalue weighted by Gasteiger charge is 2.35. The fraction of sp³-hybridized carbons (Fsp3) is 0.846. The largest absolute Gasteiger partial charge is 0.480 e. The molecule has 0 aliphatic heterocycles. The van der Waals surface area contributed by atoms with Crippen molar-refractivity contribution in [3.8, 4) is 0 Å². The zero-order valence-electron chi connectivity index (χ0n) is 12.3. The van der Waals surface area contributed by atoms with E-state index in [1.165, 1.54) is 0 Å². The quantitative estimate of drug-likeness (QED) is 0.817. The van der Waals surface area contributed by atoms with Crippen LogP contribution in [0, 0.1) is 11.3 Å². The monoisotopic (exact) mass is 259 g/mol. The fourth-order valence-electron chi connectivity index (χ4n) is 1.34. The van der Waals surface area contributed by atoms with Crippen molar-refractivity contribution in [3.63, 3.8) is 0 Å². The number of rotatable bonds is 3. The van der Waals surface area contributed by atoms with Gasteiger partial charge in [0.15, 0.2) is 0 Å². The number of nitrogens with one attached hydrogen (secondary N) is 1. The molecule has 106 valence electrons. The van der Waals surface area contributed by atoms with Gasteiger partial charge in [-0.05, 0) is 32.1 Å². The minimum Gasteiger partial charge on any atom is -0.480 e. The van der Waals surface area contributed by atoms with Gasteiger partial charge in [-0.25, -0.2) is 9.59 Å². The van der Waals surface area contributed by atoms with Gasteiger partial charge >= 0.3 is 12.1 Å². The maximum Gasteiger partial charge on any atom is 0.408 e. The molecule has 2 atom stereocenters. The highest BCUT2D eigenvalue weighted by molar-refractivity contribution is 5.80. The second-order valence-electron chi connectivity index (χ2n) is 6.62. The molecule has 0 aromatic heterocycles. The average molecular weight is 259 g/mol. The fourth-order valence-corrected chi connectivity index (χ4v) is 1.34. The van der Waals surface area contributed by atoms with Crippen molar-refractivity contribution in [1.82, 2.24) is 5.32 Å². The van der Waals surface area contributed by atoms with E-state index in [1.54, 1.807) is 27.7 Å². The SMILES string of the molecule is CC(C(NC(=O)OC(C)(C)C)C(=O)O)C(C)(C)C. The predicted octanol–water partition coefficient (Wildman–Crippen LogP) is 2.65. The number of hydrogen-bond donors (Lipinski definition) is 2. The number of hydrogen-bond acceptors (Lipinski definition) is 3. The Labute approximate surface area is 109 Å². The molecule has 0 heterocycles. The first kappa shape index (κ1) is 16.7. The van der Waals surface area contributed by atoms with Crippen LogP contribution in [0.5, 0.6) is 0 Å². The summed E-state index contributed by atoms with van der Waals surface area (Å²) >= 11 is 0. The molecule has 18 heavy (non-hydrogen) atoms. The molecule has 0 radical (unpaired) electrons. The van der Waals surface area contributed by atoms with E-state index in [4.69, 9.17) is 4.74 Å². The van der Waals surface area contributed by atoms with Crippen LogP contribution >= 0.6 is 0 Å². The second kappa shape index (κ2) is 5.59. The number of carboxylic acid groups (broad SMARTS) is 1. The molecular formula is C13H25NO4. The molecule has 0 saturated carbocycles. The molecule has 1 amide bonds. The topological polar surface area (TPSA) is 75.6 Å². The molecule has 0 fully saturated rings. The highest BCUT2D eigenvalue weighted by Crippen LogP contribution is 2.28. The predicted molar refractivity (Wildman–Crippen MR) is 69.4 cm³/mol.